The second-order valence-corrected chi connectivity index (χ2v) is 4.33. The largest absolute Gasteiger partial charge is 0.497 e. The summed E-state index contributed by atoms with van der Waals surface area (Å²) in [5.41, 5.74) is 0.771. The van der Waals surface area contributed by atoms with Crippen LogP contribution in [0.15, 0.2) is 24.3 Å². The number of aliphatic carboxylic acids is 1. The van der Waals surface area contributed by atoms with Crippen molar-refractivity contribution < 1.29 is 19.7 Å². The number of hydrogen-bond donors (Lipinski definition) is 2. The Morgan fingerprint density at radius 3 is 2.79 bits per heavy atom. The van der Waals surface area contributed by atoms with Crippen LogP contribution in [0.25, 0.3) is 0 Å². The van der Waals surface area contributed by atoms with Gasteiger partial charge in [0.2, 0.25) is 0 Å². The highest BCUT2D eigenvalue weighted by Gasteiger charge is 2.13. The Morgan fingerprint density at radius 1 is 1.47 bits per heavy atom. The lowest BCUT2D eigenvalue weighted by Crippen LogP contribution is -2.30. The number of nitrogens with zero attached hydrogens (tertiary/aromatic N) is 1. The van der Waals surface area contributed by atoms with Crippen molar-refractivity contribution in [3.8, 4) is 5.75 Å². The van der Waals surface area contributed by atoms with Gasteiger partial charge in [0, 0.05) is 13.1 Å². The molecule has 0 fully saturated rings. The van der Waals surface area contributed by atoms with Gasteiger partial charge in [-0.05, 0) is 24.2 Å². The van der Waals surface area contributed by atoms with Crippen LogP contribution in [-0.4, -0.2) is 47.8 Å². The molecule has 1 unspecified atom stereocenters. The van der Waals surface area contributed by atoms with Crippen molar-refractivity contribution in [3.63, 3.8) is 0 Å². The summed E-state index contributed by atoms with van der Waals surface area (Å²) >= 11 is 0. The lowest BCUT2D eigenvalue weighted by Gasteiger charge is -2.23. The molecular formula is C14H21NO4. The third-order valence-corrected chi connectivity index (χ3v) is 3.00. The molecule has 1 atom stereocenters. The van der Waals surface area contributed by atoms with Gasteiger partial charge in [0.25, 0.3) is 0 Å². The molecule has 0 saturated heterocycles. The molecular weight excluding hydrogens is 246 g/mol. The second kappa shape index (κ2) is 7.76. The Labute approximate surface area is 113 Å². The van der Waals surface area contributed by atoms with Crippen molar-refractivity contribution in [2.24, 2.45) is 0 Å². The fourth-order valence-electron chi connectivity index (χ4n) is 1.83. The number of carbonyl (C=O) groups is 1. The highest BCUT2D eigenvalue weighted by atomic mass is 16.5. The van der Waals surface area contributed by atoms with Gasteiger partial charge in [-0.3, -0.25) is 4.79 Å². The lowest BCUT2D eigenvalue weighted by molar-refractivity contribution is -0.137. The van der Waals surface area contributed by atoms with Crippen molar-refractivity contribution >= 4 is 5.97 Å². The van der Waals surface area contributed by atoms with Crippen LogP contribution in [0.3, 0.4) is 0 Å². The number of carboxylic acid groups (broad SMARTS) is 1. The molecule has 0 saturated carbocycles. The predicted octanol–water partition coefficient (Wildman–Crippen LogP) is 1.53. The average Bonchev–Trinajstić information content (AvgIpc) is 2.43. The van der Waals surface area contributed by atoms with E-state index in [9.17, 15) is 9.90 Å². The summed E-state index contributed by atoms with van der Waals surface area (Å²) in [5.74, 6) is -0.126. The van der Waals surface area contributed by atoms with Crippen molar-refractivity contribution in [3.05, 3.63) is 29.8 Å². The molecule has 106 valence electrons. The molecule has 0 aliphatic carbocycles. The Kier molecular flexibility index (Phi) is 6.32. The number of rotatable bonds is 8. The number of methoxy groups -OCH3 is 1. The number of ether oxygens (including phenoxy) is 1. The molecule has 5 heteroatoms. The minimum Gasteiger partial charge on any atom is -0.497 e. The zero-order valence-corrected chi connectivity index (χ0v) is 11.4. The molecule has 0 heterocycles. The standard InChI is InChI=1S/C14H21NO4/c1-3-15(8-7-14(17)18)10-13(16)11-5-4-6-12(9-11)19-2/h4-6,9,13,16H,3,7-8,10H2,1-2H3,(H,17,18). The number of aliphatic hydroxyl groups excluding tert-OH is 1. The van der Waals surface area contributed by atoms with Gasteiger partial charge < -0.3 is 19.8 Å². The quantitative estimate of drug-likeness (QED) is 0.747. The average molecular weight is 267 g/mol. The van der Waals surface area contributed by atoms with E-state index in [0.29, 0.717) is 25.4 Å². The monoisotopic (exact) mass is 267 g/mol. The molecule has 0 aliphatic heterocycles. The van der Waals surface area contributed by atoms with E-state index >= 15 is 0 Å². The summed E-state index contributed by atoms with van der Waals surface area (Å²) < 4.78 is 5.11. The number of likely N-dealkylation sites (N-methyl/N-ethyl adjacent to an activating group) is 1. The second-order valence-electron chi connectivity index (χ2n) is 4.33. The van der Waals surface area contributed by atoms with Crippen LogP contribution in [0.1, 0.15) is 25.0 Å². The molecule has 0 aromatic heterocycles. The van der Waals surface area contributed by atoms with Crippen LogP contribution in [-0.2, 0) is 4.79 Å². The summed E-state index contributed by atoms with van der Waals surface area (Å²) in [4.78, 5) is 12.5. The first-order valence-corrected chi connectivity index (χ1v) is 6.33. The third kappa shape index (κ3) is 5.28. The summed E-state index contributed by atoms with van der Waals surface area (Å²) in [7, 11) is 1.58. The molecule has 0 amide bonds. The Hall–Kier alpha value is -1.59. The van der Waals surface area contributed by atoms with E-state index in [-0.39, 0.29) is 6.42 Å². The number of hydrogen-bond acceptors (Lipinski definition) is 4. The molecule has 0 bridgehead atoms. The highest BCUT2D eigenvalue weighted by Crippen LogP contribution is 2.19. The highest BCUT2D eigenvalue weighted by molar-refractivity contribution is 5.66. The maximum Gasteiger partial charge on any atom is 0.304 e. The fourth-order valence-corrected chi connectivity index (χ4v) is 1.83. The predicted molar refractivity (Wildman–Crippen MR) is 72.3 cm³/mol. The Balaban J connectivity index is 2.60. The molecule has 0 spiro atoms. The number of aliphatic hydroxyl groups is 1. The van der Waals surface area contributed by atoms with E-state index in [1.807, 2.05) is 30.0 Å². The summed E-state index contributed by atoms with van der Waals surface area (Å²) in [5, 5.41) is 18.8. The van der Waals surface area contributed by atoms with Crippen LogP contribution in [0.5, 0.6) is 5.75 Å². The number of carboxylic acids is 1. The first-order valence-electron chi connectivity index (χ1n) is 6.33. The van der Waals surface area contributed by atoms with Crippen LogP contribution < -0.4 is 4.74 Å². The minimum absolute atomic E-state index is 0.0820. The molecule has 5 nitrogen and oxygen atoms in total. The topological polar surface area (TPSA) is 70.0 Å². The Bertz CT molecular complexity index is 408. The van der Waals surface area contributed by atoms with Crippen LogP contribution in [0.2, 0.25) is 0 Å². The van der Waals surface area contributed by atoms with Gasteiger partial charge in [0.05, 0.1) is 19.6 Å². The smallest absolute Gasteiger partial charge is 0.304 e. The minimum atomic E-state index is -0.825. The van der Waals surface area contributed by atoms with Crippen molar-refractivity contribution in [1.29, 1.82) is 0 Å². The third-order valence-electron chi connectivity index (χ3n) is 3.00. The molecule has 0 radical (unpaired) electrons. The SMILES string of the molecule is CCN(CCC(=O)O)CC(O)c1cccc(OC)c1. The van der Waals surface area contributed by atoms with Crippen molar-refractivity contribution in [2.45, 2.75) is 19.4 Å². The maximum atomic E-state index is 10.6. The lowest BCUT2D eigenvalue weighted by atomic mass is 10.1. The van der Waals surface area contributed by atoms with Crippen LogP contribution >= 0.6 is 0 Å². The van der Waals surface area contributed by atoms with Gasteiger partial charge in [-0.2, -0.15) is 0 Å². The van der Waals surface area contributed by atoms with E-state index in [4.69, 9.17) is 9.84 Å². The zero-order valence-electron chi connectivity index (χ0n) is 11.4. The van der Waals surface area contributed by atoms with Gasteiger partial charge in [-0.1, -0.05) is 19.1 Å². The summed E-state index contributed by atoms with van der Waals surface area (Å²) in [6.07, 6.45) is -0.567. The van der Waals surface area contributed by atoms with Crippen molar-refractivity contribution in [1.82, 2.24) is 4.90 Å². The Morgan fingerprint density at radius 2 is 2.21 bits per heavy atom. The summed E-state index contributed by atoms with van der Waals surface area (Å²) in [6.45, 7) is 3.50. The van der Waals surface area contributed by atoms with Crippen LogP contribution in [0.4, 0.5) is 0 Å². The zero-order chi connectivity index (χ0) is 14.3. The molecule has 19 heavy (non-hydrogen) atoms. The van der Waals surface area contributed by atoms with Crippen LogP contribution in [0, 0.1) is 0 Å². The van der Waals surface area contributed by atoms with E-state index in [0.717, 1.165) is 5.56 Å². The van der Waals surface area contributed by atoms with E-state index in [1.54, 1.807) is 13.2 Å². The van der Waals surface area contributed by atoms with E-state index < -0.39 is 12.1 Å². The fraction of sp³-hybridized carbons (Fsp3) is 0.500. The normalized spacial score (nSPS) is 12.4. The van der Waals surface area contributed by atoms with Gasteiger partial charge in [-0.15, -0.1) is 0 Å². The van der Waals surface area contributed by atoms with Gasteiger partial charge in [0.1, 0.15) is 5.75 Å². The van der Waals surface area contributed by atoms with Crippen molar-refractivity contribution in [2.75, 3.05) is 26.7 Å². The van der Waals surface area contributed by atoms with Gasteiger partial charge >= 0.3 is 5.97 Å². The maximum absolute atomic E-state index is 10.6. The number of benzene rings is 1. The van der Waals surface area contributed by atoms with E-state index in [1.165, 1.54) is 0 Å². The first-order chi connectivity index (χ1) is 9.06. The molecule has 0 aliphatic rings. The molecule has 1 rings (SSSR count). The first kappa shape index (κ1) is 15.5. The molecule has 1 aromatic rings. The van der Waals surface area contributed by atoms with E-state index in [2.05, 4.69) is 0 Å². The molecule has 2 N–H and O–H groups in total. The summed E-state index contributed by atoms with van der Waals surface area (Å²) in [6, 6.07) is 7.26. The van der Waals surface area contributed by atoms with Gasteiger partial charge in [-0.25, -0.2) is 0 Å². The molecule has 1 aromatic carbocycles. The van der Waals surface area contributed by atoms with Gasteiger partial charge in [0.15, 0.2) is 0 Å².